The van der Waals surface area contributed by atoms with Crippen molar-refractivity contribution in [3.8, 4) is 0 Å². The molecule has 0 fully saturated rings. The van der Waals surface area contributed by atoms with Gasteiger partial charge in [0.2, 0.25) is 0 Å². The molecule has 0 aliphatic carbocycles. The Morgan fingerprint density at radius 3 is 2.28 bits per heavy atom. The fourth-order valence-electron chi connectivity index (χ4n) is 1.19. The first-order chi connectivity index (χ1) is 8.13. The zero-order valence-electron chi connectivity index (χ0n) is 12.6. The van der Waals surface area contributed by atoms with E-state index in [1.807, 2.05) is 7.05 Å². The van der Waals surface area contributed by atoms with Crippen LogP contribution < -0.4 is 10.0 Å². The Hall–Kier alpha value is -0.170. The van der Waals surface area contributed by atoms with Crippen LogP contribution in [-0.4, -0.2) is 46.5 Å². The van der Waals surface area contributed by atoms with Gasteiger partial charge in [-0.05, 0) is 31.3 Å². The van der Waals surface area contributed by atoms with Crippen LogP contribution in [0.3, 0.4) is 0 Å². The molecule has 0 saturated carbocycles. The van der Waals surface area contributed by atoms with Gasteiger partial charge in [0.15, 0.2) is 0 Å². The number of nitrogens with one attached hydrogen (secondary N) is 2. The molecule has 0 rings (SSSR count). The van der Waals surface area contributed by atoms with E-state index in [0.717, 1.165) is 13.0 Å². The van der Waals surface area contributed by atoms with Gasteiger partial charge < -0.3 is 5.32 Å². The Morgan fingerprint density at radius 2 is 1.83 bits per heavy atom. The zero-order valence-corrected chi connectivity index (χ0v) is 13.4. The summed E-state index contributed by atoms with van der Waals surface area (Å²) in [7, 11) is 0.119. The van der Waals surface area contributed by atoms with Crippen molar-refractivity contribution in [1.82, 2.24) is 14.3 Å². The molecule has 0 aliphatic rings. The van der Waals surface area contributed by atoms with E-state index in [4.69, 9.17) is 0 Å². The van der Waals surface area contributed by atoms with Gasteiger partial charge in [0.25, 0.3) is 10.2 Å². The van der Waals surface area contributed by atoms with E-state index in [9.17, 15) is 8.42 Å². The van der Waals surface area contributed by atoms with Crippen molar-refractivity contribution in [3.63, 3.8) is 0 Å². The number of hydrogen-bond acceptors (Lipinski definition) is 3. The van der Waals surface area contributed by atoms with E-state index >= 15 is 0 Å². The lowest BCUT2D eigenvalue weighted by atomic mass is 9.81. The quantitative estimate of drug-likeness (QED) is 0.620. The van der Waals surface area contributed by atoms with Gasteiger partial charge in [0, 0.05) is 20.1 Å². The predicted octanol–water partition coefficient (Wildman–Crippen LogP) is 1.04. The van der Waals surface area contributed by atoms with E-state index in [2.05, 4.69) is 37.7 Å². The van der Waals surface area contributed by atoms with Gasteiger partial charge in [-0.3, -0.25) is 0 Å². The minimum absolute atomic E-state index is 0.0428. The molecule has 0 aromatic carbocycles. The molecule has 2 N–H and O–H groups in total. The number of rotatable bonds is 9. The van der Waals surface area contributed by atoms with Gasteiger partial charge in [0.05, 0.1) is 0 Å². The molecule has 0 unspecified atom stereocenters. The van der Waals surface area contributed by atoms with Gasteiger partial charge in [-0.2, -0.15) is 12.7 Å². The van der Waals surface area contributed by atoms with Gasteiger partial charge in [-0.25, -0.2) is 4.72 Å². The standard InChI is InChI=1S/C12H29N3O2S/c1-11(2)12(3,4)10-14-18(16,17)15(6)9-7-8-13-5/h11,13-14H,7-10H2,1-6H3. The van der Waals surface area contributed by atoms with Crippen LogP contribution >= 0.6 is 0 Å². The summed E-state index contributed by atoms with van der Waals surface area (Å²) in [6, 6.07) is 0. The van der Waals surface area contributed by atoms with Crippen LogP contribution in [0.4, 0.5) is 0 Å². The highest BCUT2D eigenvalue weighted by Crippen LogP contribution is 2.24. The van der Waals surface area contributed by atoms with Crippen LogP contribution in [0, 0.1) is 11.3 Å². The molecule has 5 nitrogen and oxygen atoms in total. The molecule has 0 amide bonds. The van der Waals surface area contributed by atoms with Crippen molar-refractivity contribution in [3.05, 3.63) is 0 Å². The summed E-state index contributed by atoms with van der Waals surface area (Å²) in [5.74, 6) is 0.426. The molecule has 18 heavy (non-hydrogen) atoms. The molecule has 0 atom stereocenters. The second-order valence-electron chi connectivity index (χ2n) is 5.75. The van der Waals surface area contributed by atoms with Crippen molar-refractivity contribution < 1.29 is 8.42 Å². The Balaban J connectivity index is 4.31. The monoisotopic (exact) mass is 279 g/mol. The fourth-order valence-corrected chi connectivity index (χ4v) is 2.33. The Kier molecular flexibility index (Phi) is 7.36. The third-order valence-electron chi connectivity index (χ3n) is 3.58. The van der Waals surface area contributed by atoms with Crippen LogP contribution in [-0.2, 0) is 10.2 Å². The summed E-state index contributed by atoms with van der Waals surface area (Å²) in [5, 5.41) is 3.00. The summed E-state index contributed by atoms with van der Waals surface area (Å²) in [4.78, 5) is 0. The summed E-state index contributed by atoms with van der Waals surface area (Å²) in [6.07, 6.45) is 0.807. The van der Waals surface area contributed by atoms with Gasteiger partial charge in [-0.1, -0.05) is 27.7 Å². The average molecular weight is 279 g/mol. The molecule has 0 aromatic rings. The van der Waals surface area contributed by atoms with Crippen molar-refractivity contribution in [1.29, 1.82) is 0 Å². The van der Waals surface area contributed by atoms with Crippen molar-refractivity contribution in [2.45, 2.75) is 34.1 Å². The second-order valence-corrected chi connectivity index (χ2v) is 7.61. The Morgan fingerprint density at radius 1 is 1.28 bits per heavy atom. The minimum Gasteiger partial charge on any atom is -0.320 e. The molecule has 0 bridgehead atoms. The molecule has 6 heteroatoms. The lowest BCUT2D eigenvalue weighted by molar-refractivity contribution is 0.250. The van der Waals surface area contributed by atoms with Crippen molar-refractivity contribution >= 4 is 10.2 Å². The smallest absolute Gasteiger partial charge is 0.279 e. The summed E-state index contributed by atoms with van der Waals surface area (Å²) >= 11 is 0. The molecule has 0 spiro atoms. The molecule has 0 saturated heterocycles. The predicted molar refractivity (Wildman–Crippen MR) is 76.7 cm³/mol. The first-order valence-electron chi connectivity index (χ1n) is 6.49. The van der Waals surface area contributed by atoms with Gasteiger partial charge in [-0.15, -0.1) is 0 Å². The summed E-state index contributed by atoms with van der Waals surface area (Å²) in [6.45, 7) is 10.2. The Labute approximate surface area is 113 Å². The van der Waals surface area contributed by atoms with Crippen LogP contribution in [0.5, 0.6) is 0 Å². The maximum Gasteiger partial charge on any atom is 0.279 e. The highest BCUT2D eigenvalue weighted by molar-refractivity contribution is 7.87. The van der Waals surface area contributed by atoms with Crippen LogP contribution in [0.1, 0.15) is 34.1 Å². The SMILES string of the molecule is CNCCCN(C)S(=O)(=O)NCC(C)(C)C(C)C. The van der Waals surface area contributed by atoms with E-state index in [1.165, 1.54) is 4.31 Å². The first kappa shape index (κ1) is 17.8. The first-order valence-corrected chi connectivity index (χ1v) is 7.93. The highest BCUT2D eigenvalue weighted by Gasteiger charge is 2.26. The Bertz CT molecular complexity index is 326. The molecule has 0 heterocycles. The minimum atomic E-state index is -3.35. The maximum absolute atomic E-state index is 12.0. The largest absolute Gasteiger partial charge is 0.320 e. The summed E-state index contributed by atoms with van der Waals surface area (Å²) in [5.41, 5.74) is -0.0428. The van der Waals surface area contributed by atoms with E-state index in [0.29, 0.717) is 19.0 Å². The van der Waals surface area contributed by atoms with E-state index in [1.54, 1.807) is 7.05 Å². The third kappa shape index (κ3) is 6.13. The molecular weight excluding hydrogens is 250 g/mol. The van der Waals surface area contributed by atoms with E-state index < -0.39 is 10.2 Å². The van der Waals surface area contributed by atoms with Crippen LogP contribution in [0.2, 0.25) is 0 Å². The normalized spacial score (nSPS) is 13.6. The fraction of sp³-hybridized carbons (Fsp3) is 1.00. The lowest BCUT2D eigenvalue weighted by Gasteiger charge is -2.30. The molecule has 0 radical (unpaired) electrons. The molecule has 0 aromatic heterocycles. The topological polar surface area (TPSA) is 61.4 Å². The summed E-state index contributed by atoms with van der Waals surface area (Å²) < 4.78 is 28.0. The van der Waals surface area contributed by atoms with Crippen LogP contribution in [0.15, 0.2) is 0 Å². The van der Waals surface area contributed by atoms with Gasteiger partial charge >= 0.3 is 0 Å². The number of nitrogens with zero attached hydrogens (tertiary/aromatic N) is 1. The average Bonchev–Trinajstić information content (AvgIpc) is 2.26. The number of hydrogen-bond donors (Lipinski definition) is 2. The van der Waals surface area contributed by atoms with Crippen LogP contribution in [0.25, 0.3) is 0 Å². The molecular formula is C12H29N3O2S. The third-order valence-corrected chi connectivity index (χ3v) is 5.10. The highest BCUT2D eigenvalue weighted by atomic mass is 32.2. The second kappa shape index (κ2) is 7.43. The lowest BCUT2D eigenvalue weighted by Crippen LogP contribution is -2.44. The van der Waals surface area contributed by atoms with E-state index in [-0.39, 0.29) is 5.41 Å². The molecule has 0 aliphatic heterocycles. The zero-order chi connectivity index (χ0) is 14.4. The van der Waals surface area contributed by atoms with Gasteiger partial charge in [0.1, 0.15) is 0 Å². The maximum atomic E-state index is 12.0. The van der Waals surface area contributed by atoms with Crippen molar-refractivity contribution in [2.75, 3.05) is 33.7 Å². The van der Waals surface area contributed by atoms with Crippen molar-refractivity contribution in [2.24, 2.45) is 11.3 Å². The molecule has 110 valence electrons.